The van der Waals surface area contributed by atoms with Crippen molar-refractivity contribution in [1.29, 1.82) is 0 Å². The first-order chi connectivity index (χ1) is 11.6. The summed E-state index contributed by atoms with van der Waals surface area (Å²) in [6.07, 6.45) is 1.63. The van der Waals surface area contributed by atoms with E-state index in [0.717, 1.165) is 10.9 Å². The lowest BCUT2D eigenvalue weighted by Crippen LogP contribution is -2.15. The maximum absolute atomic E-state index is 14.3. The van der Waals surface area contributed by atoms with Crippen LogP contribution >= 0.6 is 0 Å². The molecule has 3 rings (SSSR count). The molecule has 130 valence electrons. The molecule has 0 unspecified atom stereocenters. The number of carbonyl (C=O) groups is 1. The van der Waals surface area contributed by atoms with Gasteiger partial charge in [-0.15, -0.1) is 0 Å². The quantitative estimate of drug-likeness (QED) is 0.791. The number of nitrogens with one attached hydrogen (secondary N) is 1. The summed E-state index contributed by atoms with van der Waals surface area (Å²) in [6.45, 7) is 6.04. The Morgan fingerprint density at radius 3 is 2.64 bits per heavy atom. The Labute approximate surface area is 144 Å². The van der Waals surface area contributed by atoms with Crippen molar-refractivity contribution in [3.63, 3.8) is 0 Å². The minimum atomic E-state index is -1.66. The molecule has 25 heavy (non-hydrogen) atoms. The molecule has 7 nitrogen and oxygen atoms in total. The summed E-state index contributed by atoms with van der Waals surface area (Å²) in [7, 11) is 1.79. The molecule has 1 amide bonds. The molecule has 0 atom stereocenters. The number of alkyl halides is 1. The number of carbonyl (C=O) groups excluding carboxylic acids is 1. The highest BCUT2D eigenvalue weighted by atomic mass is 19.1. The van der Waals surface area contributed by atoms with E-state index in [1.807, 2.05) is 0 Å². The van der Waals surface area contributed by atoms with E-state index < -0.39 is 5.67 Å². The number of anilines is 1. The van der Waals surface area contributed by atoms with Crippen molar-refractivity contribution in [2.75, 3.05) is 5.32 Å². The minimum absolute atomic E-state index is 0.109. The van der Waals surface area contributed by atoms with Crippen LogP contribution in [0.15, 0.2) is 18.3 Å². The summed E-state index contributed by atoms with van der Waals surface area (Å²) in [5.74, 6) is 0.320. The maximum Gasteiger partial charge on any atom is 0.222 e. The first-order valence-corrected chi connectivity index (χ1v) is 7.81. The summed E-state index contributed by atoms with van der Waals surface area (Å²) >= 11 is 0. The first-order valence-electron chi connectivity index (χ1n) is 7.81. The number of aryl methyl sites for hydroxylation is 2. The Bertz CT molecular complexity index is 973. The summed E-state index contributed by atoms with van der Waals surface area (Å²) in [5.41, 5.74) is 0.886. The van der Waals surface area contributed by atoms with Crippen LogP contribution in [0.3, 0.4) is 0 Å². The van der Waals surface area contributed by atoms with E-state index in [-0.39, 0.29) is 11.7 Å². The van der Waals surface area contributed by atoms with Gasteiger partial charge in [-0.25, -0.2) is 19.3 Å². The fourth-order valence-corrected chi connectivity index (χ4v) is 2.55. The van der Waals surface area contributed by atoms with Gasteiger partial charge in [-0.3, -0.25) is 9.48 Å². The van der Waals surface area contributed by atoms with Crippen molar-refractivity contribution in [3.05, 3.63) is 29.8 Å². The van der Waals surface area contributed by atoms with Crippen molar-refractivity contribution in [3.8, 4) is 11.4 Å². The molecule has 0 saturated heterocycles. The maximum atomic E-state index is 14.3. The van der Waals surface area contributed by atoms with Gasteiger partial charge in [0, 0.05) is 25.1 Å². The number of rotatable bonds is 3. The van der Waals surface area contributed by atoms with Gasteiger partial charge < -0.3 is 5.32 Å². The largest absolute Gasteiger partial charge is 0.311 e. The average molecular weight is 342 g/mol. The summed E-state index contributed by atoms with van der Waals surface area (Å²) in [6, 6.07) is 3.49. The molecule has 0 fully saturated rings. The molecule has 8 heteroatoms. The van der Waals surface area contributed by atoms with Gasteiger partial charge in [-0.05, 0) is 32.9 Å². The Balaban J connectivity index is 2.21. The van der Waals surface area contributed by atoms with Gasteiger partial charge >= 0.3 is 0 Å². The van der Waals surface area contributed by atoms with E-state index in [0.29, 0.717) is 22.9 Å². The second-order valence-electron chi connectivity index (χ2n) is 6.43. The van der Waals surface area contributed by atoms with Gasteiger partial charge in [0.25, 0.3) is 0 Å². The topological polar surface area (TPSA) is 85.6 Å². The van der Waals surface area contributed by atoms with Crippen LogP contribution in [-0.2, 0) is 17.5 Å². The second-order valence-corrected chi connectivity index (χ2v) is 6.43. The SMILES string of the molecule is CC(=O)Nc1cc2c(-c3cc(C)nc(C(C)(C)F)n3)nn(C)c2cn1. The Morgan fingerprint density at radius 2 is 2.00 bits per heavy atom. The molecule has 0 aliphatic rings. The number of halogens is 1. The molecule has 3 heterocycles. The fraction of sp³-hybridized carbons (Fsp3) is 0.353. The van der Waals surface area contributed by atoms with Crippen LogP contribution in [0.2, 0.25) is 0 Å². The third-order valence-electron chi connectivity index (χ3n) is 3.67. The minimum Gasteiger partial charge on any atom is -0.311 e. The van der Waals surface area contributed by atoms with Gasteiger partial charge in [-0.1, -0.05) is 0 Å². The Morgan fingerprint density at radius 1 is 1.28 bits per heavy atom. The third kappa shape index (κ3) is 3.33. The zero-order valence-electron chi connectivity index (χ0n) is 14.8. The number of pyridine rings is 1. The van der Waals surface area contributed by atoms with E-state index in [4.69, 9.17) is 0 Å². The molecule has 0 aromatic carbocycles. The van der Waals surface area contributed by atoms with E-state index in [1.165, 1.54) is 20.8 Å². The molecule has 3 aromatic rings. The van der Waals surface area contributed by atoms with E-state index in [9.17, 15) is 9.18 Å². The van der Waals surface area contributed by atoms with Crippen LogP contribution in [0.4, 0.5) is 10.2 Å². The van der Waals surface area contributed by atoms with Crippen LogP contribution in [0, 0.1) is 6.92 Å². The third-order valence-corrected chi connectivity index (χ3v) is 3.67. The average Bonchev–Trinajstić information content (AvgIpc) is 2.82. The smallest absolute Gasteiger partial charge is 0.222 e. The zero-order valence-corrected chi connectivity index (χ0v) is 14.8. The van der Waals surface area contributed by atoms with Gasteiger partial charge in [-0.2, -0.15) is 5.10 Å². The standard InChI is InChI=1S/C17H19FN6O/c1-9-6-12(22-16(20-9)17(3,4)18)15-11-7-14(21-10(2)25)19-8-13(11)24(5)23-15/h6-8H,1-5H3,(H,19,21,25). The van der Waals surface area contributed by atoms with Crippen LogP contribution in [0.5, 0.6) is 0 Å². The van der Waals surface area contributed by atoms with Crippen molar-refractivity contribution in [1.82, 2.24) is 24.7 Å². The number of amides is 1. The Hall–Kier alpha value is -2.90. The fourth-order valence-electron chi connectivity index (χ4n) is 2.55. The molecule has 3 aromatic heterocycles. The predicted octanol–water partition coefficient (Wildman–Crippen LogP) is 2.90. The van der Waals surface area contributed by atoms with Crippen molar-refractivity contribution < 1.29 is 9.18 Å². The molecular formula is C17H19FN6O. The molecule has 0 spiro atoms. The lowest BCUT2D eigenvalue weighted by Gasteiger charge is -2.13. The normalized spacial score (nSPS) is 11.8. The van der Waals surface area contributed by atoms with Crippen LogP contribution < -0.4 is 5.32 Å². The van der Waals surface area contributed by atoms with Gasteiger partial charge in [0.15, 0.2) is 11.5 Å². The van der Waals surface area contributed by atoms with Crippen molar-refractivity contribution in [2.24, 2.45) is 7.05 Å². The highest BCUT2D eigenvalue weighted by Gasteiger charge is 2.24. The van der Waals surface area contributed by atoms with Gasteiger partial charge in [0.05, 0.1) is 17.4 Å². The number of hydrogen-bond donors (Lipinski definition) is 1. The van der Waals surface area contributed by atoms with Gasteiger partial charge in [0.2, 0.25) is 5.91 Å². The molecule has 0 aliphatic heterocycles. The molecule has 1 N–H and O–H groups in total. The highest BCUT2D eigenvalue weighted by Crippen LogP contribution is 2.30. The first kappa shape index (κ1) is 16.9. The number of fused-ring (bicyclic) bond motifs is 1. The number of hydrogen-bond acceptors (Lipinski definition) is 5. The van der Waals surface area contributed by atoms with Crippen LogP contribution in [-0.4, -0.2) is 30.6 Å². The zero-order chi connectivity index (χ0) is 18.4. The van der Waals surface area contributed by atoms with Crippen molar-refractivity contribution in [2.45, 2.75) is 33.4 Å². The predicted molar refractivity (Wildman–Crippen MR) is 92.7 cm³/mol. The lowest BCUT2D eigenvalue weighted by atomic mass is 10.1. The van der Waals surface area contributed by atoms with Crippen LogP contribution in [0.25, 0.3) is 22.3 Å². The molecule has 0 aliphatic carbocycles. The number of aromatic nitrogens is 5. The summed E-state index contributed by atoms with van der Waals surface area (Å²) in [5, 5.41) is 7.91. The van der Waals surface area contributed by atoms with Gasteiger partial charge in [0.1, 0.15) is 11.5 Å². The summed E-state index contributed by atoms with van der Waals surface area (Å²) in [4.78, 5) is 24.0. The molecular weight excluding hydrogens is 323 g/mol. The van der Waals surface area contributed by atoms with E-state index >= 15 is 0 Å². The highest BCUT2D eigenvalue weighted by molar-refractivity contribution is 5.96. The van der Waals surface area contributed by atoms with E-state index in [1.54, 1.807) is 37.0 Å². The number of nitrogens with zero attached hydrogens (tertiary/aromatic N) is 5. The summed E-state index contributed by atoms with van der Waals surface area (Å²) < 4.78 is 16.0. The van der Waals surface area contributed by atoms with Crippen LogP contribution in [0.1, 0.15) is 32.3 Å². The lowest BCUT2D eigenvalue weighted by molar-refractivity contribution is -0.114. The van der Waals surface area contributed by atoms with Crippen molar-refractivity contribution >= 4 is 22.6 Å². The Kier molecular flexibility index (Phi) is 3.98. The second kappa shape index (κ2) is 5.87. The van der Waals surface area contributed by atoms with E-state index in [2.05, 4.69) is 25.4 Å². The molecule has 0 radical (unpaired) electrons. The molecule has 0 saturated carbocycles. The molecule has 0 bridgehead atoms. The monoisotopic (exact) mass is 342 g/mol.